The number of rotatable bonds is 5. The van der Waals surface area contributed by atoms with Gasteiger partial charge in [0.2, 0.25) is 5.91 Å². The van der Waals surface area contributed by atoms with Crippen molar-refractivity contribution in [3.63, 3.8) is 0 Å². The maximum absolute atomic E-state index is 15.0. The van der Waals surface area contributed by atoms with E-state index in [2.05, 4.69) is 15.2 Å². The maximum Gasteiger partial charge on any atom is 0.231 e. The molecule has 3 N–H and O–H groups in total. The van der Waals surface area contributed by atoms with Gasteiger partial charge in [-0.15, -0.1) is 0 Å². The number of amides is 1. The first-order chi connectivity index (χ1) is 17.3. The highest BCUT2D eigenvalue weighted by Crippen LogP contribution is 2.38. The number of primary amides is 1. The Hall–Kier alpha value is -3.98. The van der Waals surface area contributed by atoms with Gasteiger partial charge in [0.1, 0.15) is 29.2 Å². The number of hydrogen-bond acceptors (Lipinski definition) is 4. The molecule has 0 bridgehead atoms. The van der Waals surface area contributed by atoms with Gasteiger partial charge < -0.3 is 16.0 Å². The lowest BCUT2D eigenvalue weighted by atomic mass is 9.91. The fourth-order valence-electron chi connectivity index (χ4n) is 4.72. The van der Waals surface area contributed by atoms with Gasteiger partial charge in [-0.2, -0.15) is 0 Å². The van der Waals surface area contributed by atoms with Gasteiger partial charge in [0.05, 0.1) is 11.4 Å². The lowest BCUT2D eigenvalue weighted by Gasteiger charge is -2.31. The molecule has 1 fully saturated rings. The Bertz CT molecular complexity index is 1450. The minimum atomic E-state index is -1.58. The van der Waals surface area contributed by atoms with Gasteiger partial charge in [0.25, 0.3) is 0 Å². The van der Waals surface area contributed by atoms with Crippen LogP contribution in [0.25, 0.3) is 22.0 Å². The van der Waals surface area contributed by atoms with Gasteiger partial charge in [-0.25, -0.2) is 17.6 Å². The predicted molar refractivity (Wildman–Crippen MR) is 130 cm³/mol. The van der Waals surface area contributed by atoms with Crippen LogP contribution in [-0.4, -0.2) is 37.1 Å². The van der Waals surface area contributed by atoms with Gasteiger partial charge >= 0.3 is 0 Å². The molecule has 9 heteroatoms. The van der Waals surface area contributed by atoms with Crippen LogP contribution in [0.1, 0.15) is 17.2 Å². The molecule has 1 aromatic heterocycles. The number of pyridine rings is 1. The summed E-state index contributed by atoms with van der Waals surface area (Å²) in [6.45, 7) is 2.88. The molecule has 5 nitrogen and oxygen atoms in total. The van der Waals surface area contributed by atoms with Crippen LogP contribution in [0, 0.1) is 23.3 Å². The van der Waals surface area contributed by atoms with E-state index in [-0.39, 0.29) is 17.0 Å². The van der Waals surface area contributed by atoms with Crippen molar-refractivity contribution in [2.45, 2.75) is 5.92 Å². The lowest BCUT2D eigenvalue weighted by Crippen LogP contribution is -2.43. The second-order valence-electron chi connectivity index (χ2n) is 8.60. The van der Waals surface area contributed by atoms with E-state index in [1.807, 2.05) is 6.07 Å². The van der Waals surface area contributed by atoms with E-state index in [9.17, 15) is 22.4 Å². The number of hydrogen-bond donors (Lipinski definition) is 2. The van der Waals surface area contributed by atoms with E-state index in [0.717, 1.165) is 43.0 Å². The van der Waals surface area contributed by atoms with Gasteiger partial charge in [-0.3, -0.25) is 9.78 Å². The van der Waals surface area contributed by atoms with Gasteiger partial charge in [0, 0.05) is 59.8 Å². The molecule has 0 aliphatic carbocycles. The van der Waals surface area contributed by atoms with Crippen LogP contribution >= 0.6 is 0 Å². The first kappa shape index (κ1) is 23.7. The number of nitrogens with zero attached hydrogens (tertiary/aromatic N) is 2. The summed E-state index contributed by atoms with van der Waals surface area (Å²) in [6.07, 6.45) is 0. The number of carbonyl (C=O) groups excluding carboxylic acids is 1. The zero-order chi connectivity index (χ0) is 25.4. The average molecular weight is 494 g/mol. The number of halogens is 4. The SMILES string of the molecule is NC(=O)C(c1cc2c(N3CCNCC3)cccc2c(-c2ccc(F)cc2F)n1)c1c(F)cccc1F. The average Bonchev–Trinajstić information content (AvgIpc) is 2.86. The summed E-state index contributed by atoms with van der Waals surface area (Å²) in [4.78, 5) is 19.2. The number of benzene rings is 3. The zero-order valence-corrected chi connectivity index (χ0v) is 19.1. The van der Waals surface area contributed by atoms with Crippen LogP contribution in [0.2, 0.25) is 0 Å². The quantitative estimate of drug-likeness (QED) is 0.402. The summed E-state index contributed by atoms with van der Waals surface area (Å²) in [7, 11) is 0. The third kappa shape index (κ3) is 4.26. The number of carbonyl (C=O) groups is 1. The van der Waals surface area contributed by atoms with Crippen LogP contribution in [-0.2, 0) is 4.79 Å². The minimum Gasteiger partial charge on any atom is -0.369 e. The molecule has 3 aromatic carbocycles. The van der Waals surface area contributed by atoms with Crippen LogP contribution < -0.4 is 16.0 Å². The van der Waals surface area contributed by atoms with Crippen molar-refractivity contribution in [2.75, 3.05) is 31.1 Å². The molecule has 36 heavy (non-hydrogen) atoms. The number of aromatic nitrogens is 1. The van der Waals surface area contributed by atoms with Crippen molar-refractivity contribution in [3.8, 4) is 11.3 Å². The smallest absolute Gasteiger partial charge is 0.231 e. The monoisotopic (exact) mass is 494 g/mol. The highest BCUT2D eigenvalue weighted by atomic mass is 19.1. The van der Waals surface area contributed by atoms with Gasteiger partial charge in [0.15, 0.2) is 0 Å². The first-order valence-corrected chi connectivity index (χ1v) is 11.4. The molecule has 0 radical (unpaired) electrons. The summed E-state index contributed by atoms with van der Waals surface area (Å²) in [5, 5.41) is 4.42. The van der Waals surface area contributed by atoms with E-state index in [0.29, 0.717) is 23.9 Å². The Morgan fingerprint density at radius 2 is 1.58 bits per heavy atom. The fraction of sp³-hybridized carbons (Fsp3) is 0.185. The summed E-state index contributed by atoms with van der Waals surface area (Å²) in [6, 6.07) is 13.3. The molecule has 1 aliphatic rings. The molecule has 1 amide bonds. The summed E-state index contributed by atoms with van der Waals surface area (Å²) in [5.41, 5.74) is 5.95. The van der Waals surface area contributed by atoms with Crippen molar-refractivity contribution in [2.24, 2.45) is 5.73 Å². The first-order valence-electron chi connectivity index (χ1n) is 11.4. The second-order valence-corrected chi connectivity index (χ2v) is 8.60. The van der Waals surface area contributed by atoms with Crippen molar-refractivity contribution < 1.29 is 22.4 Å². The molecular formula is C27H22F4N4O. The largest absolute Gasteiger partial charge is 0.369 e. The second kappa shape index (κ2) is 9.58. The van der Waals surface area contributed by atoms with Crippen molar-refractivity contribution in [1.82, 2.24) is 10.3 Å². The van der Waals surface area contributed by atoms with E-state index in [4.69, 9.17) is 5.73 Å². The predicted octanol–water partition coefficient (Wildman–Crippen LogP) is 4.49. The highest BCUT2D eigenvalue weighted by molar-refractivity contribution is 6.03. The van der Waals surface area contributed by atoms with E-state index in [1.165, 1.54) is 12.1 Å². The van der Waals surface area contributed by atoms with E-state index < -0.39 is 40.7 Å². The maximum atomic E-state index is 15.0. The van der Waals surface area contributed by atoms with Crippen molar-refractivity contribution in [1.29, 1.82) is 0 Å². The molecular weight excluding hydrogens is 472 g/mol. The minimum absolute atomic E-state index is 0.0158. The van der Waals surface area contributed by atoms with Crippen LogP contribution in [0.5, 0.6) is 0 Å². The molecule has 0 saturated carbocycles. The fourth-order valence-corrected chi connectivity index (χ4v) is 4.72. The van der Waals surface area contributed by atoms with Crippen LogP contribution in [0.4, 0.5) is 23.2 Å². The Morgan fingerprint density at radius 3 is 2.25 bits per heavy atom. The van der Waals surface area contributed by atoms with Crippen molar-refractivity contribution >= 4 is 22.4 Å². The Labute approximate surface area is 204 Å². The van der Waals surface area contributed by atoms with Gasteiger partial charge in [-0.05, 0) is 36.4 Å². The number of fused-ring (bicyclic) bond motifs is 1. The normalized spacial score (nSPS) is 14.7. The van der Waals surface area contributed by atoms with Crippen molar-refractivity contribution in [3.05, 3.63) is 95.2 Å². The topological polar surface area (TPSA) is 71.2 Å². The number of anilines is 1. The third-order valence-corrected chi connectivity index (χ3v) is 6.38. The number of piperazine rings is 1. The summed E-state index contributed by atoms with van der Waals surface area (Å²) < 4.78 is 58.2. The molecule has 184 valence electrons. The van der Waals surface area contributed by atoms with Crippen LogP contribution in [0.15, 0.2) is 60.7 Å². The zero-order valence-electron chi connectivity index (χ0n) is 19.1. The van der Waals surface area contributed by atoms with Gasteiger partial charge in [-0.1, -0.05) is 18.2 Å². The summed E-state index contributed by atoms with van der Waals surface area (Å²) >= 11 is 0. The molecule has 0 spiro atoms. The highest BCUT2D eigenvalue weighted by Gasteiger charge is 2.30. The molecule has 4 aromatic rings. The molecule has 1 unspecified atom stereocenters. The molecule has 1 atom stereocenters. The number of nitrogens with one attached hydrogen (secondary N) is 1. The van der Waals surface area contributed by atoms with Crippen LogP contribution in [0.3, 0.4) is 0 Å². The Balaban J connectivity index is 1.83. The van der Waals surface area contributed by atoms with E-state index >= 15 is 0 Å². The number of nitrogens with two attached hydrogens (primary N) is 1. The molecule has 1 saturated heterocycles. The molecule has 5 rings (SSSR count). The summed E-state index contributed by atoms with van der Waals surface area (Å²) in [5.74, 6) is -6.12. The molecule has 2 heterocycles. The van der Waals surface area contributed by atoms with E-state index in [1.54, 1.807) is 18.2 Å². The standard InChI is InChI=1S/C27H22F4N4O/c28-15-7-8-17(21(31)13-15)26-16-3-1-6-23(35-11-9-33-10-12-35)18(16)14-22(34-26)25(27(32)36)24-19(29)4-2-5-20(24)30/h1-8,13-14,25,33H,9-12H2,(H2,32,36). The Morgan fingerprint density at radius 1 is 0.889 bits per heavy atom. The third-order valence-electron chi connectivity index (χ3n) is 6.38. The Kier molecular flexibility index (Phi) is 6.32. The lowest BCUT2D eigenvalue weighted by molar-refractivity contribution is -0.118. The molecule has 1 aliphatic heterocycles.